The van der Waals surface area contributed by atoms with Crippen molar-refractivity contribution in [3.63, 3.8) is 0 Å². The highest BCUT2D eigenvalue weighted by Gasteiger charge is 2.33. The van der Waals surface area contributed by atoms with Crippen molar-refractivity contribution in [1.82, 2.24) is 14.5 Å². The van der Waals surface area contributed by atoms with Gasteiger partial charge in [-0.3, -0.25) is 0 Å². The van der Waals surface area contributed by atoms with Crippen LogP contribution in [0.3, 0.4) is 0 Å². The molecule has 0 unspecified atom stereocenters. The molecule has 0 saturated carbocycles. The summed E-state index contributed by atoms with van der Waals surface area (Å²) in [7, 11) is 0. The molecule has 0 atom stereocenters. The monoisotopic (exact) mass is 685 g/mol. The van der Waals surface area contributed by atoms with E-state index < -0.39 is 0 Å². The van der Waals surface area contributed by atoms with Gasteiger partial charge in [0, 0.05) is 58.7 Å². The summed E-state index contributed by atoms with van der Waals surface area (Å²) in [4.78, 5) is 10.4. The van der Waals surface area contributed by atoms with Gasteiger partial charge in [-0.15, -0.1) is 11.3 Å². The molecule has 0 saturated heterocycles. The van der Waals surface area contributed by atoms with Crippen LogP contribution in [0, 0.1) is 0 Å². The molecule has 9 aromatic rings. The molecule has 0 fully saturated rings. The lowest BCUT2D eigenvalue weighted by Crippen LogP contribution is -2.20. The van der Waals surface area contributed by atoms with E-state index in [2.05, 4.69) is 152 Å². The molecule has 0 radical (unpaired) electrons. The van der Waals surface area contributed by atoms with Gasteiger partial charge in [-0.25, -0.2) is 9.97 Å². The number of para-hydroxylation sites is 1. The predicted molar refractivity (Wildman–Crippen MR) is 223 cm³/mol. The lowest BCUT2D eigenvalue weighted by Gasteiger charge is -2.29. The van der Waals surface area contributed by atoms with Gasteiger partial charge in [0.2, 0.25) is 0 Å². The molecule has 3 nitrogen and oxygen atoms in total. The maximum Gasteiger partial charge on any atom is 0.160 e. The van der Waals surface area contributed by atoms with Crippen molar-refractivity contribution in [3.8, 4) is 28.3 Å². The van der Waals surface area contributed by atoms with Gasteiger partial charge in [0.25, 0.3) is 0 Å². The second-order valence-corrected chi connectivity index (χ2v) is 15.4. The van der Waals surface area contributed by atoms with Crippen molar-refractivity contribution < 1.29 is 0 Å². The third-order valence-corrected chi connectivity index (χ3v) is 11.8. The van der Waals surface area contributed by atoms with Crippen molar-refractivity contribution in [2.45, 2.75) is 25.7 Å². The van der Waals surface area contributed by atoms with E-state index in [1.807, 2.05) is 29.5 Å². The number of allylic oxidation sites excluding steroid dienone is 5. The summed E-state index contributed by atoms with van der Waals surface area (Å²) in [5.41, 5.74) is 10.8. The zero-order valence-corrected chi connectivity index (χ0v) is 29.9. The van der Waals surface area contributed by atoms with Crippen LogP contribution in [0.2, 0.25) is 0 Å². The smallest absolute Gasteiger partial charge is 0.160 e. The number of fused-ring (bicyclic) bond motifs is 11. The average molecular weight is 686 g/mol. The third kappa shape index (κ3) is 4.64. The summed E-state index contributed by atoms with van der Waals surface area (Å²) in [6, 6.07) is 45.3. The number of benzene rings is 6. The van der Waals surface area contributed by atoms with Crippen LogP contribution in [0.25, 0.3) is 86.8 Å². The molecule has 6 aromatic carbocycles. The van der Waals surface area contributed by atoms with Crippen molar-refractivity contribution in [2.75, 3.05) is 0 Å². The Bertz CT molecular complexity index is 2960. The van der Waals surface area contributed by atoms with Crippen LogP contribution in [0.5, 0.6) is 0 Å². The molecule has 0 bridgehead atoms. The van der Waals surface area contributed by atoms with Gasteiger partial charge in [-0.2, -0.15) is 0 Å². The van der Waals surface area contributed by atoms with E-state index >= 15 is 0 Å². The van der Waals surface area contributed by atoms with Gasteiger partial charge in [-0.05, 0) is 53.3 Å². The second kappa shape index (κ2) is 11.7. The first kappa shape index (κ1) is 30.7. The maximum atomic E-state index is 5.25. The van der Waals surface area contributed by atoms with Crippen LogP contribution >= 0.6 is 11.3 Å². The fourth-order valence-corrected chi connectivity index (χ4v) is 9.55. The second-order valence-electron chi connectivity index (χ2n) is 14.4. The normalized spacial score (nSPS) is 15.5. The molecule has 10 rings (SSSR count). The van der Waals surface area contributed by atoms with E-state index in [9.17, 15) is 0 Å². The summed E-state index contributed by atoms with van der Waals surface area (Å²) in [5.74, 6) is 0.724. The molecular formula is C48H35N3S. The molecule has 0 spiro atoms. The molecule has 0 amide bonds. The largest absolute Gasteiger partial charge is 0.309 e. The van der Waals surface area contributed by atoms with Crippen molar-refractivity contribution >= 4 is 69.8 Å². The van der Waals surface area contributed by atoms with Crippen molar-refractivity contribution in [1.29, 1.82) is 0 Å². The highest BCUT2D eigenvalue weighted by atomic mass is 32.1. The number of aromatic nitrogens is 3. The Kier molecular flexibility index (Phi) is 6.92. The third-order valence-electron chi connectivity index (χ3n) is 10.6. The van der Waals surface area contributed by atoms with Crippen LogP contribution in [0.1, 0.15) is 31.4 Å². The Hall–Kier alpha value is -6.10. The predicted octanol–water partition coefficient (Wildman–Crippen LogP) is 13.2. The fraction of sp³-hybridized carbons (Fsp3) is 0.0833. The standard InChI is InChI=1S/C48H35N3S/c1-30-17-7-6-16-28-48(2,3)43-40(30)46-42(35-23-13-15-25-39(35)52-46)41-34-22-12-14-24-38(34)51(45(41)43)33-26-27-37-36(29-33)44(31-18-8-4-9-19-31)50-47(49-37)32-20-10-5-11-21-32/h4-27,29H,1,28H2,2-3H3/b16-6-,17-7-. The number of rotatable bonds is 3. The summed E-state index contributed by atoms with van der Waals surface area (Å²) in [6.07, 6.45) is 9.70. The Morgan fingerprint density at radius 3 is 2.21 bits per heavy atom. The van der Waals surface area contributed by atoms with Crippen LogP contribution in [-0.2, 0) is 5.41 Å². The Morgan fingerprint density at radius 2 is 1.40 bits per heavy atom. The van der Waals surface area contributed by atoms with Crippen molar-refractivity contribution in [3.05, 3.63) is 169 Å². The molecule has 52 heavy (non-hydrogen) atoms. The highest BCUT2D eigenvalue weighted by Crippen LogP contribution is 2.52. The van der Waals surface area contributed by atoms with Crippen LogP contribution in [0.15, 0.2) is 158 Å². The van der Waals surface area contributed by atoms with Crippen molar-refractivity contribution in [2.24, 2.45) is 0 Å². The van der Waals surface area contributed by atoms with E-state index in [-0.39, 0.29) is 5.41 Å². The summed E-state index contributed by atoms with van der Waals surface area (Å²) >= 11 is 1.89. The van der Waals surface area contributed by atoms with Gasteiger partial charge in [-0.1, -0.05) is 142 Å². The molecule has 3 aromatic heterocycles. The minimum Gasteiger partial charge on any atom is -0.309 e. The van der Waals surface area contributed by atoms with Crippen LogP contribution in [-0.4, -0.2) is 14.5 Å². The van der Waals surface area contributed by atoms with Gasteiger partial charge >= 0.3 is 0 Å². The zero-order chi connectivity index (χ0) is 35.0. The number of hydrogen-bond donors (Lipinski definition) is 0. The molecule has 1 aliphatic rings. The molecule has 0 aliphatic heterocycles. The Labute approximate surface area is 306 Å². The van der Waals surface area contributed by atoms with Gasteiger partial charge in [0.15, 0.2) is 5.82 Å². The van der Waals surface area contributed by atoms with E-state index in [0.29, 0.717) is 0 Å². The topological polar surface area (TPSA) is 30.7 Å². The van der Waals surface area contributed by atoms with Crippen LogP contribution < -0.4 is 0 Å². The van der Waals surface area contributed by atoms with Gasteiger partial charge in [0.1, 0.15) is 0 Å². The number of hydrogen-bond acceptors (Lipinski definition) is 3. The molecule has 1 aliphatic carbocycles. The fourth-order valence-electron chi connectivity index (χ4n) is 8.25. The minimum absolute atomic E-state index is 0.199. The Morgan fingerprint density at radius 1 is 0.692 bits per heavy atom. The Balaban J connectivity index is 1.39. The van der Waals surface area contributed by atoms with E-state index in [4.69, 9.17) is 16.5 Å². The van der Waals surface area contributed by atoms with E-state index in [0.717, 1.165) is 51.2 Å². The molecule has 248 valence electrons. The van der Waals surface area contributed by atoms with Gasteiger partial charge in [0.05, 0.1) is 22.2 Å². The molecular weight excluding hydrogens is 651 g/mol. The van der Waals surface area contributed by atoms with E-state index in [1.165, 1.54) is 53.1 Å². The number of nitrogens with zero attached hydrogens (tertiary/aromatic N) is 3. The first-order valence-electron chi connectivity index (χ1n) is 17.8. The van der Waals surface area contributed by atoms with Gasteiger partial charge < -0.3 is 4.57 Å². The molecule has 0 N–H and O–H groups in total. The average Bonchev–Trinajstić information content (AvgIpc) is 3.74. The molecule has 3 heterocycles. The SMILES string of the molecule is C=C1/C=C\C=C/CC(C)(C)c2c1c1sc3ccccc3c1c1c3ccccc3n(-c3ccc4nc(-c5ccccc5)nc(-c5ccccc5)c4c3)c21. The summed E-state index contributed by atoms with van der Waals surface area (Å²) < 4.78 is 5.11. The first-order chi connectivity index (χ1) is 25.5. The lowest BCUT2D eigenvalue weighted by molar-refractivity contribution is 0.537. The summed E-state index contributed by atoms with van der Waals surface area (Å²) in [6.45, 7) is 9.51. The summed E-state index contributed by atoms with van der Waals surface area (Å²) in [5, 5.41) is 6.17. The quantitative estimate of drug-likeness (QED) is 0.185. The lowest BCUT2D eigenvalue weighted by atomic mass is 9.76. The van der Waals surface area contributed by atoms with E-state index in [1.54, 1.807) is 0 Å². The minimum atomic E-state index is -0.199. The van der Waals surface area contributed by atoms with Crippen LogP contribution in [0.4, 0.5) is 0 Å². The maximum absolute atomic E-state index is 5.25. The zero-order valence-electron chi connectivity index (χ0n) is 29.1. The highest BCUT2D eigenvalue weighted by molar-refractivity contribution is 7.26. The molecule has 4 heteroatoms. The first-order valence-corrected chi connectivity index (χ1v) is 18.7. The number of thiophene rings is 1.